The maximum Gasteiger partial charge on any atom is 0.122 e. The van der Waals surface area contributed by atoms with Crippen LogP contribution in [-0.2, 0) is 4.79 Å². The standard InChI is InChI=1S/C9H14N2O2/c1-7(2)11-6-8(5-10-11)9(13)3-4-12/h4-7,9,13H,3H2,1-2H3. The lowest BCUT2D eigenvalue weighted by atomic mass is 10.1. The Bertz CT molecular complexity index is 281. The predicted molar refractivity (Wildman–Crippen MR) is 48.3 cm³/mol. The lowest BCUT2D eigenvalue weighted by molar-refractivity contribution is -0.109. The van der Waals surface area contributed by atoms with Crippen LogP contribution < -0.4 is 0 Å². The first-order valence-corrected chi connectivity index (χ1v) is 4.31. The van der Waals surface area contributed by atoms with Gasteiger partial charge in [-0.05, 0) is 13.8 Å². The van der Waals surface area contributed by atoms with Crippen LogP contribution in [0.1, 0.15) is 38.0 Å². The van der Waals surface area contributed by atoms with Crippen molar-refractivity contribution in [2.24, 2.45) is 0 Å². The van der Waals surface area contributed by atoms with E-state index in [0.29, 0.717) is 11.8 Å². The van der Waals surface area contributed by atoms with Crippen LogP contribution in [0.5, 0.6) is 0 Å². The Labute approximate surface area is 77.2 Å². The topological polar surface area (TPSA) is 55.1 Å². The van der Waals surface area contributed by atoms with Gasteiger partial charge in [-0.15, -0.1) is 0 Å². The molecule has 13 heavy (non-hydrogen) atoms. The minimum Gasteiger partial charge on any atom is -0.388 e. The third-order valence-electron chi connectivity index (χ3n) is 1.85. The van der Waals surface area contributed by atoms with Crippen LogP contribution in [0.15, 0.2) is 12.4 Å². The zero-order valence-electron chi connectivity index (χ0n) is 7.84. The smallest absolute Gasteiger partial charge is 0.122 e. The summed E-state index contributed by atoms with van der Waals surface area (Å²) in [6.45, 7) is 4.01. The number of aliphatic hydroxyl groups excluding tert-OH is 1. The third kappa shape index (κ3) is 2.39. The zero-order chi connectivity index (χ0) is 9.84. The van der Waals surface area contributed by atoms with Gasteiger partial charge in [-0.3, -0.25) is 4.68 Å². The number of hydrogen-bond acceptors (Lipinski definition) is 3. The Morgan fingerprint density at radius 3 is 2.85 bits per heavy atom. The van der Waals surface area contributed by atoms with E-state index in [-0.39, 0.29) is 12.5 Å². The Morgan fingerprint density at radius 2 is 2.38 bits per heavy atom. The molecule has 0 radical (unpaired) electrons. The Morgan fingerprint density at radius 1 is 1.69 bits per heavy atom. The van der Waals surface area contributed by atoms with Crippen molar-refractivity contribution >= 4 is 6.29 Å². The van der Waals surface area contributed by atoms with Crippen molar-refractivity contribution in [2.75, 3.05) is 0 Å². The number of rotatable bonds is 4. The Hall–Kier alpha value is -1.16. The molecule has 1 aromatic rings. The van der Waals surface area contributed by atoms with Crippen LogP contribution in [0.4, 0.5) is 0 Å². The second-order valence-corrected chi connectivity index (χ2v) is 3.27. The van der Waals surface area contributed by atoms with Crippen LogP contribution in [0.25, 0.3) is 0 Å². The normalized spacial score (nSPS) is 13.2. The van der Waals surface area contributed by atoms with Gasteiger partial charge in [0.05, 0.1) is 12.3 Å². The van der Waals surface area contributed by atoms with E-state index < -0.39 is 6.10 Å². The van der Waals surface area contributed by atoms with Crippen LogP contribution in [0.3, 0.4) is 0 Å². The summed E-state index contributed by atoms with van der Waals surface area (Å²) in [5.74, 6) is 0. The van der Waals surface area contributed by atoms with Gasteiger partial charge in [0.1, 0.15) is 6.29 Å². The number of carbonyl (C=O) groups excluding carboxylic acids is 1. The van der Waals surface area contributed by atoms with E-state index in [1.165, 1.54) is 0 Å². The van der Waals surface area contributed by atoms with E-state index in [0.717, 1.165) is 0 Å². The molecule has 1 aromatic heterocycles. The van der Waals surface area contributed by atoms with E-state index in [4.69, 9.17) is 0 Å². The van der Waals surface area contributed by atoms with Gasteiger partial charge in [0.15, 0.2) is 0 Å². The average Bonchev–Trinajstić information content (AvgIpc) is 2.52. The molecule has 4 nitrogen and oxygen atoms in total. The maximum absolute atomic E-state index is 10.1. The summed E-state index contributed by atoms with van der Waals surface area (Å²) >= 11 is 0. The molecule has 0 aliphatic carbocycles. The zero-order valence-corrected chi connectivity index (χ0v) is 7.84. The first-order valence-electron chi connectivity index (χ1n) is 4.31. The SMILES string of the molecule is CC(C)n1cc(C(O)CC=O)cn1. The van der Waals surface area contributed by atoms with Crippen LogP contribution >= 0.6 is 0 Å². The number of nitrogens with zero attached hydrogens (tertiary/aromatic N) is 2. The summed E-state index contributed by atoms with van der Waals surface area (Å²) in [6.07, 6.45) is 3.47. The predicted octanol–water partition coefficient (Wildman–Crippen LogP) is 1.09. The highest BCUT2D eigenvalue weighted by atomic mass is 16.3. The summed E-state index contributed by atoms with van der Waals surface area (Å²) in [6, 6.07) is 0.275. The highest BCUT2D eigenvalue weighted by molar-refractivity contribution is 5.50. The molecule has 1 unspecified atom stereocenters. The molecule has 1 heterocycles. The lowest BCUT2D eigenvalue weighted by Crippen LogP contribution is -2.01. The van der Waals surface area contributed by atoms with Gasteiger partial charge >= 0.3 is 0 Å². The van der Waals surface area contributed by atoms with Gasteiger partial charge in [0.2, 0.25) is 0 Å². The van der Waals surface area contributed by atoms with Crippen LogP contribution in [-0.4, -0.2) is 21.2 Å². The number of aldehydes is 1. The van der Waals surface area contributed by atoms with Crippen LogP contribution in [0, 0.1) is 0 Å². The summed E-state index contributed by atoms with van der Waals surface area (Å²) in [4.78, 5) is 10.1. The molecule has 1 atom stereocenters. The van der Waals surface area contributed by atoms with E-state index in [1.54, 1.807) is 17.1 Å². The monoisotopic (exact) mass is 182 g/mol. The Balaban J connectivity index is 2.73. The highest BCUT2D eigenvalue weighted by Gasteiger charge is 2.09. The van der Waals surface area contributed by atoms with Gasteiger partial charge in [-0.25, -0.2) is 0 Å². The van der Waals surface area contributed by atoms with Gasteiger partial charge in [-0.1, -0.05) is 0 Å². The quantitative estimate of drug-likeness (QED) is 0.709. The second-order valence-electron chi connectivity index (χ2n) is 3.27. The summed E-state index contributed by atoms with van der Waals surface area (Å²) in [5.41, 5.74) is 0.695. The molecule has 0 aliphatic rings. The molecular formula is C9H14N2O2. The largest absolute Gasteiger partial charge is 0.388 e. The fourth-order valence-electron chi connectivity index (χ4n) is 1.03. The number of aliphatic hydroxyl groups is 1. The average molecular weight is 182 g/mol. The van der Waals surface area contributed by atoms with Crippen LogP contribution in [0.2, 0.25) is 0 Å². The van der Waals surface area contributed by atoms with Crippen molar-refractivity contribution in [1.82, 2.24) is 9.78 Å². The molecule has 0 bridgehead atoms. The molecule has 1 rings (SSSR count). The fraction of sp³-hybridized carbons (Fsp3) is 0.556. The summed E-state index contributed by atoms with van der Waals surface area (Å²) in [7, 11) is 0. The minimum atomic E-state index is -0.718. The van der Waals surface area contributed by atoms with Crippen molar-refractivity contribution in [3.63, 3.8) is 0 Å². The first kappa shape index (κ1) is 9.92. The molecule has 0 saturated heterocycles. The summed E-state index contributed by atoms with van der Waals surface area (Å²) < 4.78 is 1.75. The van der Waals surface area contributed by atoms with Crippen molar-refractivity contribution in [2.45, 2.75) is 32.4 Å². The third-order valence-corrected chi connectivity index (χ3v) is 1.85. The molecule has 1 N–H and O–H groups in total. The van der Waals surface area contributed by atoms with E-state index in [2.05, 4.69) is 5.10 Å². The van der Waals surface area contributed by atoms with Gasteiger partial charge in [-0.2, -0.15) is 5.10 Å². The summed E-state index contributed by atoms with van der Waals surface area (Å²) in [5, 5.41) is 13.5. The molecule has 0 fully saturated rings. The second kappa shape index (κ2) is 4.18. The van der Waals surface area contributed by atoms with E-state index in [9.17, 15) is 9.90 Å². The van der Waals surface area contributed by atoms with Gasteiger partial charge < -0.3 is 9.90 Å². The molecule has 0 aromatic carbocycles. The van der Waals surface area contributed by atoms with Gasteiger partial charge in [0.25, 0.3) is 0 Å². The fourth-order valence-corrected chi connectivity index (χ4v) is 1.03. The lowest BCUT2D eigenvalue weighted by Gasteiger charge is -2.04. The molecule has 0 spiro atoms. The van der Waals surface area contributed by atoms with Crippen molar-refractivity contribution in [3.8, 4) is 0 Å². The van der Waals surface area contributed by atoms with Crippen molar-refractivity contribution in [3.05, 3.63) is 18.0 Å². The maximum atomic E-state index is 10.1. The Kier molecular flexibility index (Phi) is 3.19. The molecule has 0 amide bonds. The molecule has 0 aliphatic heterocycles. The molecule has 72 valence electrons. The minimum absolute atomic E-state index is 0.129. The van der Waals surface area contributed by atoms with Crippen molar-refractivity contribution < 1.29 is 9.90 Å². The number of aromatic nitrogens is 2. The first-order chi connectivity index (χ1) is 6.15. The van der Waals surface area contributed by atoms with E-state index in [1.807, 2.05) is 13.8 Å². The van der Waals surface area contributed by atoms with Crippen molar-refractivity contribution in [1.29, 1.82) is 0 Å². The number of hydrogen-bond donors (Lipinski definition) is 1. The molecule has 4 heteroatoms. The molecular weight excluding hydrogens is 168 g/mol. The molecule has 0 saturated carbocycles. The highest BCUT2D eigenvalue weighted by Crippen LogP contribution is 2.15. The van der Waals surface area contributed by atoms with E-state index >= 15 is 0 Å². The number of carbonyl (C=O) groups is 1. The van der Waals surface area contributed by atoms with Gasteiger partial charge in [0, 0.05) is 24.2 Å².